The summed E-state index contributed by atoms with van der Waals surface area (Å²) >= 11 is 0. The average molecular weight is 325 g/mol. The van der Waals surface area contributed by atoms with Crippen molar-refractivity contribution in [3.05, 3.63) is 53.6 Å². The lowest BCUT2D eigenvalue weighted by Gasteiger charge is -2.25. The maximum absolute atomic E-state index is 12.6. The molecule has 0 radical (unpaired) electrons. The molecule has 4 heteroatoms. The smallest absolute Gasteiger partial charge is 0.231 e. The number of hydrogen-bond acceptors (Lipinski definition) is 3. The first-order valence-corrected chi connectivity index (χ1v) is 8.19. The third-order valence-corrected chi connectivity index (χ3v) is 4.37. The van der Waals surface area contributed by atoms with Gasteiger partial charge >= 0.3 is 0 Å². The van der Waals surface area contributed by atoms with Gasteiger partial charge in [0.05, 0.1) is 11.6 Å². The molecule has 1 aliphatic heterocycles. The van der Waals surface area contributed by atoms with Gasteiger partial charge in [0.15, 0.2) is 0 Å². The second kappa shape index (κ2) is 6.19. The Kier molecular flexibility index (Phi) is 4.22. The number of rotatable bonds is 2. The standard InChI is InChI=1S/C20H23NO3/c1-20(2,3)15-8-9-17(22)16(11-15)21-19(23)14-10-13-6-4-5-7-18(13)24-12-14/h4-9,11,14,22H,10,12H2,1-3H3,(H,21,23). The van der Waals surface area contributed by atoms with Crippen molar-refractivity contribution in [2.24, 2.45) is 5.92 Å². The summed E-state index contributed by atoms with van der Waals surface area (Å²) < 4.78 is 5.68. The molecule has 0 fully saturated rings. The zero-order valence-electron chi connectivity index (χ0n) is 14.3. The number of amides is 1. The van der Waals surface area contributed by atoms with Crippen LogP contribution in [0.5, 0.6) is 11.5 Å². The summed E-state index contributed by atoms with van der Waals surface area (Å²) in [6.07, 6.45) is 0.641. The summed E-state index contributed by atoms with van der Waals surface area (Å²) in [4.78, 5) is 12.6. The SMILES string of the molecule is CC(C)(C)c1ccc(O)c(NC(=O)C2COc3ccccc3C2)c1. The molecule has 24 heavy (non-hydrogen) atoms. The molecule has 3 rings (SSSR count). The molecule has 2 aromatic rings. The third-order valence-electron chi connectivity index (χ3n) is 4.37. The van der Waals surface area contributed by atoms with Crippen LogP contribution in [0.2, 0.25) is 0 Å². The average Bonchev–Trinajstić information content (AvgIpc) is 2.55. The van der Waals surface area contributed by atoms with Crippen LogP contribution in [0.15, 0.2) is 42.5 Å². The zero-order chi connectivity index (χ0) is 17.3. The van der Waals surface area contributed by atoms with E-state index in [0.717, 1.165) is 16.9 Å². The van der Waals surface area contributed by atoms with Gasteiger partial charge in [-0.25, -0.2) is 0 Å². The first-order valence-electron chi connectivity index (χ1n) is 8.19. The van der Waals surface area contributed by atoms with Gasteiger partial charge in [0, 0.05) is 0 Å². The van der Waals surface area contributed by atoms with Gasteiger partial charge in [-0.05, 0) is 41.2 Å². The molecule has 0 aliphatic carbocycles. The van der Waals surface area contributed by atoms with E-state index in [1.807, 2.05) is 36.4 Å². The van der Waals surface area contributed by atoms with E-state index < -0.39 is 0 Å². The monoisotopic (exact) mass is 325 g/mol. The number of anilines is 1. The molecule has 0 saturated heterocycles. The first-order chi connectivity index (χ1) is 11.3. The van der Waals surface area contributed by atoms with E-state index in [4.69, 9.17) is 4.74 Å². The molecule has 0 aromatic heterocycles. The highest BCUT2D eigenvalue weighted by Crippen LogP contribution is 2.32. The minimum absolute atomic E-state index is 0.0555. The largest absolute Gasteiger partial charge is 0.506 e. The molecule has 126 valence electrons. The number of aromatic hydroxyl groups is 1. The number of ether oxygens (including phenoxy) is 1. The molecule has 0 saturated carbocycles. The molecular formula is C20H23NO3. The van der Waals surface area contributed by atoms with Gasteiger partial charge in [0.25, 0.3) is 0 Å². The molecule has 2 N–H and O–H groups in total. The van der Waals surface area contributed by atoms with Crippen LogP contribution < -0.4 is 10.1 Å². The van der Waals surface area contributed by atoms with Crippen LogP contribution in [0.3, 0.4) is 0 Å². The minimum atomic E-state index is -0.266. The lowest BCUT2D eigenvalue weighted by atomic mass is 9.86. The highest BCUT2D eigenvalue weighted by molar-refractivity contribution is 5.94. The lowest BCUT2D eigenvalue weighted by Crippen LogP contribution is -2.32. The quantitative estimate of drug-likeness (QED) is 0.824. The molecule has 0 spiro atoms. The predicted molar refractivity (Wildman–Crippen MR) is 94.6 cm³/mol. The van der Waals surface area contributed by atoms with Crippen LogP contribution in [-0.2, 0) is 16.6 Å². The summed E-state index contributed by atoms with van der Waals surface area (Å²) in [5.74, 6) is 0.524. The fourth-order valence-electron chi connectivity index (χ4n) is 2.83. The van der Waals surface area contributed by atoms with Crippen molar-refractivity contribution in [2.75, 3.05) is 11.9 Å². The number of carbonyl (C=O) groups is 1. The Morgan fingerprint density at radius 3 is 2.71 bits per heavy atom. The maximum Gasteiger partial charge on any atom is 0.231 e. The number of phenols is 1. The van der Waals surface area contributed by atoms with E-state index in [1.165, 1.54) is 0 Å². The zero-order valence-corrected chi connectivity index (χ0v) is 14.3. The number of fused-ring (bicyclic) bond motifs is 1. The van der Waals surface area contributed by atoms with Crippen molar-refractivity contribution < 1.29 is 14.6 Å². The minimum Gasteiger partial charge on any atom is -0.506 e. The molecule has 4 nitrogen and oxygen atoms in total. The van der Waals surface area contributed by atoms with Crippen molar-refractivity contribution in [1.29, 1.82) is 0 Å². The number of phenolic OH excluding ortho intramolecular Hbond substituents is 1. The van der Waals surface area contributed by atoms with E-state index in [9.17, 15) is 9.90 Å². The molecule has 1 heterocycles. The Labute approximate surface area is 142 Å². The topological polar surface area (TPSA) is 58.6 Å². The van der Waals surface area contributed by atoms with Crippen LogP contribution in [0.4, 0.5) is 5.69 Å². The molecule has 1 aliphatic rings. The second-order valence-electron chi connectivity index (χ2n) is 7.29. The number of benzene rings is 2. The van der Waals surface area contributed by atoms with Gasteiger partial charge in [0.1, 0.15) is 18.1 Å². The molecule has 1 unspecified atom stereocenters. The van der Waals surface area contributed by atoms with Crippen molar-refractivity contribution in [1.82, 2.24) is 0 Å². The number of nitrogens with one attached hydrogen (secondary N) is 1. The van der Waals surface area contributed by atoms with E-state index >= 15 is 0 Å². The molecule has 1 atom stereocenters. The van der Waals surface area contributed by atoms with Crippen LogP contribution in [0.25, 0.3) is 0 Å². The number of carbonyl (C=O) groups excluding carboxylic acids is 1. The van der Waals surface area contributed by atoms with Crippen LogP contribution in [0.1, 0.15) is 31.9 Å². The lowest BCUT2D eigenvalue weighted by molar-refractivity contribution is -0.121. The maximum atomic E-state index is 12.6. The van der Waals surface area contributed by atoms with E-state index in [-0.39, 0.29) is 23.0 Å². The Hall–Kier alpha value is -2.49. The first kappa shape index (κ1) is 16.4. The Morgan fingerprint density at radius 2 is 1.96 bits per heavy atom. The summed E-state index contributed by atoms with van der Waals surface area (Å²) in [7, 11) is 0. The van der Waals surface area contributed by atoms with Crippen LogP contribution in [0, 0.1) is 5.92 Å². The van der Waals surface area contributed by atoms with Gasteiger partial charge in [0.2, 0.25) is 5.91 Å². The van der Waals surface area contributed by atoms with Crippen LogP contribution in [-0.4, -0.2) is 17.6 Å². The molecular weight excluding hydrogens is 302 g/mol. The summed E-state index contributed by atoms with van der Waals surface area (Å²) in [5, 5.41) is 12.9. The van der Waals surface area contributed by atoms with Crippen LogP contribution >= 0.6 is 0 Å². The summed E-state index contributed by atoms with van der Waals surface area (Å²) in [5.41, 5.74) is 2.49. The van der Waals surface area contributed by atoms with Gasteiger partial charge in [-0.2, -0.15) is 0 Å². The fourth-order valence-corrected chi connectivity index (χ4v) is 2.83. The summed E-state index contributed by atoms with van der Waals surface area (Å²) in [6, 6.07) is 13.1. The van der Waals surface area contributed by atoms with Gasteiger partial charge in [-0.15, -0.1) is 0 Å². The predicted octanol–water partition coefficient (Wildman–Crippen LogP) is 3.88. The third kappa shape index (κ3) is 3.37. The second-order valence-corrected chi connectivity index (χ2v) is 7.29. The summed E-state index contributed by atoms with van der Waals surface area (Å²) in [6.45, 7) is 6.63. The van der Waals surface area contributed by atoms with E-state index in [2.05, 4.69) is 26.1 Å². The van der Waals surface area contributed by atoms with E-state index in [0.29, 0.717) is 18.7 Å². The molecule has 1 amide bonds. The Balaban J connectivity index is 1.76. The normalized spacial score (nSPS) is 16.9. The highest BCUT2D eigenvalue weighted by atomic mass is 16.5. The molecule has 0 bridgehead atoms. The van der Waals surface area contributed by atoms with Gasteiger partial charge < -0.3 is 15.2 Å². The number of hydrogen-bond donors (Lipinski definition) is 2. The van der Waals surface area contributed by atoms with Crippen molar-refractivity contribution >= 4 is 11.6 Å². The van der Waals surface area contributed by atoms with Crippen molar-refractivity contribution in [2.45, 2.75) is 32.6 Å². The van der Waals surface area contributed by atoms with Crippen molar-refractivity contribution in [3.8, 4) is 11.5 Å². The molecule has 2 aromatic carbocycles. The highest BCUT2D eigenvalue weighted by Gasteiger charge is 2.26. The Bertz CT molecular complexity index is 762. The van der Waals surface area contributed by atoms with Crippen molar-refractivity contribution in [3.63, 3.8) is 0 Å². The van der Waals surface area contributed by atoms with Gasteiger partial charge in [-0.1, -0.05) is 45.0 Å². The number of para-hydroxylation sites is 1. The van der Waals surface area contributed by atoms with E-state index in [1.54, 1.807) is 6.07 Å². The van der Waals surface area contributed by atoms with Gasteiger partial charge in [-0.3, -0.25) is 4.79 Å². The Morgan fingerprint density at radius 1 is 1.21 bits per heavy atom. The fraction of sp³-hybridized carbons (Fsp3) is 0.350.